The second-order valence-electron chi connectivity index (χ2n) is 7.56. The summed E-state index contributed by atoms with van der Waals surface area (Å²) in [5.41, 5.74) is 1.83. The Kier molecular flexibility index (Phi) is 6.36. The summed E-state index contributed by atoms with van der Waals surface area (Å²) in [5, 5.41) is 2.94. The highest BCUT2D eigenvalue weighted by Crippen LogP contribution is 2.32. The van der Waals surface area contributed by atoms with Gasteiger partial charge in [-0.25, -0.2) is 8.42 Å². The van der Waals surface area contributed by atoms with Crippen molar-refractivity contribution in [3.8, 4) is 0 Å². The molecule has 160 valence electrons. The largest absolute Gasteiger partial charge is 0.378 e. The first-order valence-corrected chi connectivity index (χ1v) is 11.8. The van der Waals surface area contributed by atoms with E-state index in [-0.39, 0.29) is 10.8 Å². The number of ether oxygens (including phenoxy) is 1. The predicted octanol–water partition coefficient (Wildman–Crippen LogP) is 2.95. The van der Waals surface area contributed by atoms with Gasteiger partial charge in [-0.05, 0) is 43.2 Å². The molecule has 0 aromatic heterocycles. The van der Waals surface area contributed by atoms with Crippen LogP contribution >= 0.6 is 0 Å². The summed E-state index contributed by atoms with van der Waals surface area (Å²) < 4.78 is 33.3. The summed E-state index contributed by atoms with van der Waals surface area (Å²) in [6, 6.07) is 14.0. The third-order valence-corrected chi connectivity index (χ3v) is 7.45. The lowest BCUT2D eigenvalue weighted by Crippen LogP contribution is -2.37. The van der Waals surface area contributed by atoms with Crippen LogP contribution in [0.3, 0.4) is 0 Å². The lowest BCUT2D eigenvalue weighted by atomic mass is 10.2. The van der Waals surface area contributed by atoms with E-state index in [1.54, 1.807) is 46.8 Å². The van der Waals surface area contributed by atoms with Crippen molar-refractivity contribution >= 4 is 27.3 Å². The quantitative estimate of drug-likeness (QED) is 0.791. The number of anilines is 2. The molecule has 2 saturated heterocycles. The van der Waals surface area contributed by atoms with Crippen LogP contribution in [0.5, 0.6) is 0 Å². The Morgan fingerprint density at radius 1 is 0.900 bits per heavy atom. The van der Waals surface area contributed by atoms with Gasteiger partial charge in [0.2, 0.25) is 10.0 Å². The number of hydrogen-bond donors (Lipinski definition) is 1. The molecule has 2 fully saturated rings. The van der Waals surface area contributed by atoms with Crippen LogP contribution in [0, 0.1) is 0 Å². The molecular formula is C22H27N3O4S. The van der Waals surface area contributed by atoms with Gasteiger partial charge < -0.3 is 15.0 Å². The topological polar surface area (TPSA) is 79.0 Å². The minimum Gasteiger partial charge on any atom is -0.378 e. The highest BCUT2D eigenvalue weighted by molar-refractivity contribution is 7.89. The Hall–Kier alpha value is -2.42. The number of nitrogens with one attached hydrogen (secondary N) is 1. The monoisotopic (exact) mass is 429 g/mol. The van der Waals surface area contributed by atoms with E-state index in [4.69, 9.17) is 4.74 Å². The number of sulfonamides is 1. The molecule has 0 bridgehead atoms. The summed E-state index contributed by atoms with van der Waals surface area (Å²) in [6.07, 6.45) is 2.81. The average Bonchev–Trinajstić information content (AvgIpc) is 2.81. The standard InChI is InChI=1S/C22H27N3O4S/c26-22(18-7-3-1-4-8-18)23-20-17-19(30(27,28)25-11-5-2-6-12-25)9-10-21(20)24-13-15-29-16-14-24/h1,3-4,7-10,17H,2,5-6,11-16H2,(H,23,26). The number of piperidine rings is 1. The van der Waals surface area contributed by atoms with E-state index in [0.29, 0.717) is 50.6 Å². The molecular weight excluding hydrogens is 402 g/mol. The maximum atomic E-state index is 13.2. The molecule has 0 unspecified atom stereocenters. The molecule has 0 aliphatic carbocycles. The maximum Gasteiger partial charge on any atom is 0.255 e. The first-order valence-electron chi connectivity index (χ1n) is 10.4. The first kappa shape index (κ1) is 20.8. The minimum absolute atomic E-state index is 0.213. The van der Waals surface area contributed by atoms with Gasteiger partial charge in [0.15, 0.2) is 0 Å². The highest BCUT2D eigenvalue weighted by atomic mass is 32.2. The fourth-order valence-corrected chi connectivity index (χ4v) is 5.44. The van der Waals surface area contributed by atoms with Gasteiger partial charge in [-0.1, -0.05) is 24.6 Å². The molecule has 4 rings (SSSR count). The van der Waals surface area contributed by atoms with E-state index in [9.17, 15) is 13.2 Å². The van der Waals surface area contributed by atoms with E-state index in [1.807, 2.05) is 6.07 Å². The van der Waals surface area contributed by atoms with E-state index < -0.39 is 10.0 Å². The molecule has 0 radical (unpaired) electrons. The van der Waals surface area contributed by atoms with Gasteiger partial charge in [-0.3, -0.25) is 4.79 Å². The highest BCUT2D eigenvalue weighted by Gasteiger charge is 2.27. The Balaban J connectivity index is 1.68. The van der Waals surface area contributed by atoms with Crippen molar-refractivity contribution in [3.05, 3.63) is 54.1 Å². The van der Waals surface area contributed by atoms with Crippen LogP contribution in [-0.2, 0) is 14.8 Å². The zero-order chi connectivity index (χ0) is 21.0. The van der Waals surface area contributed by atoms with Gasteiger partial charge in [0, 0.05) is 31.7 Å². The maximum absolute atomic E-state index is 13.2. The molecule has 0 atom stereocenters. The fraction of sp³-hybridized carbons (Fsp3) is 0.409. The van der Waals surface area contributed by atoms with Gasteiger partial charge >= 0.3 is 0 Å². The summed E-state index contributed by atoms with van der Waals surface area (Å²) in [7, 11) is -3.59. The lowest BCUT2D eigenvalue weighted by Gasteiger charge is -2.31. The molecule has 0 spiro atoms. The van der Waals surface area contributed by atoms with Crippen molar-refractivity contribution in [2.24, 2.45) is 0 Å². The molecule has 7 nitrogen and oxygen atoms in total. The van der Waals surface area contributed by atoms with Gasteiger partial charge in [0.05, 0.1) is 29.5 Å². The zero-order valence-electron chi connectivity index (χ0n) is 16.9. The number of amides is 1. The van der Waals surface area contributed by atoms with Crippen molar-refractivity contribution in [2.75, 3.05) is 49.6 Å². The van der Waals surface area contributed by atoms with Gasteiger partial charge in [0.25, 0.3) is 5.91 Å². The number of benzene rings is 2. The minimum atomic E-state index is -3.59. The summed E-state index contributed by atoms with van der Waals surface area (Å²) in [4.78, 5) is 15.1. The zero-order valence-corrected chi connectivity index (χ0v) is 17.7. The van der Waals surface area contributed by atoms with E-state index in [1.165, 1.54) is 0 Å². The van der Waals surface area contributed by atoms with Crippen molar-refractivity contribution in [1.29, 1.82) is 0 Å². The van der Waals surface area contributed by atoms with Crippen LogP contribution in [-0.4, -0.2) is 58.0 Å². The number of morpholine rings is 1. The van der Waals surface area contributed by atoms with Crippen molar-refractivity contribution in [2.45, 2.75) is 24.2 Å². The Bertz CT molecular complexity index is 983. The number of carbonyl (C=O) groups is 1. The van der Waals surface area contributed by atoms with E-state index in [0.717, 1.165) is 24.9 Å². The normalized spacial score (nSPS) is 18.2. The molecule has 8 heteroatoms. The third kappa shape index (κ3) is 4.50. The van der Waals surface area contributed by atoms with Gasteiger partial charge in [0.1, 0.15) is 0 Å². The molecule has 30 heavy (non-hydrogen) atoms. The molecule has 1 N–H and O–H groups in total. The smallest absolute Gasteiger partial charge is 0.255 e. The van der Waals surface area contributed by atoms with Crippen LogP contribution in [0.4, 0.5) is 11.4 Å². The van der Waals surface area contributed by atoms with Crippen LogP contribution in [0.2, 0.25) is 0 Å². The van der Waals surface area contributed by atoms with Crippen molar-refractivity contribution in [3.63, 3.8) is 0 Å². The van der Waals surface area contributed by atoms with Gasteiger partial charge in [-0.2, -0.15) is 4.31 Å². The summed E-state index contributed by atoms with van der Waals surface area (Å²) >= 11 is 0. The second kappa shape index (κ2) is 9.16. The Morgan fingerprint density at radius 3 is 2.30 bits per heavy atom. The van der Waals surface area contributed by atoms with Crippen LogP contribution < -0.4 is 10.2 Å². The SMILES string of the molecule is O=C(Nc1cc(S(=O)(=O)N2CCCCC2)ccc1N1CCOCC1)c1ccccc1. The third-order valence-electron chi connectivity index (χ3n) is 5.56. The van der Waals surface area contributed by atoms with E-state index in [2.05, 4.69) is 10.2 Å². The van der Waals surface area contributed by atoms with Crippen LogP contribution in [0.1, 0.15) is 29.6 Å². The molecule has 2 aliphatic rings. The summed E-state index contributed by atoms with van der Waals surface area (Å²) in [5.74, 6) is -0.266. The van der Waals surface area contributed by atoms with Crippen molar-refractivity contribution < 1.29 is 17.9 Å². The molecule has 2 heterocycles. The number of rotatable bonds is 5. The Morgan fingerprint density at radius 2 is 1.60 bits per heavy atom. The van der Waals surface area contributed by atoms with Crippen LogP contribution in [0.25, 0.3) is 0 Å². The molecule has 2 aromatic carbocycles. The average molecular weight is 430 g/mol. The first-order chi connectivity index (χ1) is 14.6. The van der Waals surface area contributed by atoms with E-state index >= 15 is 0 Å². The molecule has 1 amide bonds. The number of hydrogen-bond acceptors (Lipinski definition) is 5. The van der Waals surface area contributed by atoms with Gasteiger partial charge in [-0.15, -0.1) is 0 Å². The Labute approximate surface area is 177 Å². The fourth-order valence-electron chi connectivity index (χ4n) is 3.89. The summed E-state index contributed by atoms with van der Waals surface area (Å²) in [6.45, 7) is 3.65. The number of carbonyl (C=O) groups excluding carboxylic acids is 1. The lowest BCUT2D eigenvalue weighted by molar-refractivity contribution is 0.102. The van der Waals surface area contributed by atoms with Crippen molar-refractivity contribution in [1.82, 2.24) is 4.31 Å². The predicted molar refractivity (Wildman–Crippen MR) is 116 cm³/mol. The second-order valence-corrected chi connectivity index (χ2v) is 9.50. The molecule has 2 aromatic rings. The van der Waals surface area contributed by atoms with Crippen LogP contribution in [0.15, 0.2) is 53.4 Å². The molecule has 0 saturated carbocycles. The number of nitrogens with zero attached hydrogens (tertiary/aromatic N) is 2. The molecule has 2 aliphatic heterocycles.